The Balaban J connectivity index is 2.73. The predicted molar refractivity (Wildman–Crippen MR) is 95.6 cm³/mol. The van der Waals surface area contributed by atoms with E-state index in [2.05, 4.69) is 10.6 Å². The lowest BCUT2D eigenvalue weighted by Gasteiger charge is -2.26. The molecule has 24 heavy (non-hydrogen) atoms. The van der Waals surface area contributed by atoms with Crippen molar-refractivity contribution in [3.05, 3.63) is 22.4 Å². The topological polar surface area (TPSA) is 78.5 Å². The highest BCUT2D eigenvalue weighted by Crippen LogP contribution is 2.22. The number of carbonyl (C=O) groups excluding carboxylic acids is 3. The second-order valence-corrected chi connectivity index (χ2v) is 7.66. The van der Waals surface area contributed by atoms with Crippen LogP contribution in [0.5, 0.6) is 0 Å². The number of hydrogen-bond acceptors (Lipinski definition) is 4. The van der Waals surface area contributed by atoms with Gasteiger partial charge in [0.25, 0.3) is 0 Å². The fourth-order valence-corrected chi connectivity index (χ4v) is 3.05. The number of likely N-dealkylation sites (N-methyl/N-ethyl adjacent to an activating group) is 1. The minimum atomic E-state index is -0.366. The zero-order chi connectivity index (χ0) is 18.3. The van der Waals surface area contributed by atoms with Crippen molar-refractivity contribution in [1.82, 2.24) is 15.5 Å². The molecule has 1 unspecified atom stereocenters. The molecule has 1 atom stereocenters. The number of carbonyl (C=O) groups is 3. The molecule has 0 aliphatic carbocycles. The molecule has 0 radical (unpaired) electrons. The van der Waals surface area contributed by atoms with E-state index in [0.29, 0.717) is 6.54 Å². The first-order valence-corrected chi connectivity index (χ1v) is 8.89. The van der Waals surface area contributed by atoms with Gasteiger partial charge in [-0.3, -0.25) is 14.4 Å². The van der Waals surface area contributed by atoms with Gasteiger partial charge in [0.15, 0.2) is 0 Å². The first kappa shape index (κ1) is 20.2. The van der Waals surface area contributed by atoms with Gasteiger partial charge in [0.2, 0.25) is 17.7 Å². The molecule has 3 amide bonds. The van der Waals surface area contributed by atoms with E-state index in [1.165, 1.54) is 23.2 Å². The van der Waals surface area contributed by atoms with Crippen LogP contribution in [0.1, 0.15) is 52.0 Å². The largest absolute Gasteiger partial charge is 0.350 e. The maximum atomic E-state index is 12.6. The Kier molecular flexibility index (Phi) is 7.41. The molecule has 0 fully saturated rings. The quantitative estimate of drug-likeness (QED) is 0.788. The minimum Gasteiger partial charge on any atom is -0.350 e. The molecule has 0 aliphatic rings. The number of nitrogens with one attached hydrogen (secondary N) is 2. The number of thiophene rings is 1. The monoisotopic (exact) mass is 353 g/mol. The number of nitrogens with zero attached hydrogens (tertiary/aromatic N) is 1. The minimum absolute atomic E-state index is 0.0177. The van der Waals surface area contributed by atoms with Gasteiger partial charge in [0.1, 0.15) is 0 Å². The van der Waals surface area contributed by atoms with Gasteiger partial charge in [-0.05, 0) is 39.1 Å². The number of rotatable bonds is 7. The molecule has 6 nitrogen and oxygen atoms in total. The van der Waals surface area contributed by atoms with Gasteiger partial charge in [-0.25, -0.2) is 0 Å². The van der Waals surface area contributed by atoms with Gasteiger partial charge in [-0.1, -0.05) is 6.07 Å². The zero-order valence-electron chi connectivity index (χ0n) is 15.0. The predicted octanol–water partition coefficient (Wildman–Crippen LogP) is 2.08. The van der Waals surface area contributed by atoms with Crippen molar-refractivity contribution in [2.24, 2.45) is 0 Å². The van der Waals surface area contributed by atoms with Crippen LogP contribution in [0.3, 0.4) is 0 Å². The Morgan fingerprint density at radius 3 is 2.42 bits per heavy atom. The Bertz CT molecular complexity index is 564. The first-order valence-electron chi connectivity index (χ1n) is 8.01. The van der Waals surface area contributed by atoms with Crippen molar-refractivity contribution in [3.63, 3.8) is 0 Å². The molecule has 1 aromatic heterocycles. The summed E-state index contributed by atoms with van der Waals surface area (Å²) in [5.74, 6) is -0.534. The van der Waals surface area contributed by atoms with E-state index in [1.54, 1.807) is 0 Å². The van der Waals surface area contributed by atoms with E-state index in [4.69, 9.17) is 0 Å². The van der Waals surface area contributed by atoms with Gasteiger partial charge in [0.05, 0.1) is 19.0 Å². The Morgan fingerprint density at radius 2 is 1.96 bits per heavy atom. The highest BCUT2D eigenvalue weighted by atomic mass is 32.1. The van der Waals surface area contributed by atoms with Crippen molar-refractivity contribution in [2.45, 2.75) is 52.6 Å². The van der Waals surface area contributed by atoms with Crippen LogP contribution in [-0.2, 0) is 14.4 Å². The van der Waals surface area contributed by atoms with Gasteiger partial charge in [-0.2, -0.15) is 0 Å². The van der Waals surface area contributed by atoms with Crippen molar-refractivity contribution in [2.75, 3.05) is 13.1 Å². The van der Waals surface area contributed by atoms with Crippen LogP contribution in [0.2, 0.25) is 0 Å². The van der Waals surface area contributed by atoms with Crippen LogP contribution in [-0.4, -0.2) is 41.2 Å². The Labute approximate surface area is 147 Å². The maximum Gasteiger partial charge on any atom is 0.240 e. The summed E-state index contributed by atoms with van der Waals surface area (Å²) < 4.78 is 0. The van der Waals surface area contributed by atoms with Crippen LogP contribution in [0, 0.1) is 0 Å². The van der Waals surface area contributed by atoms with Crippen LogP contribution in [0.4, 0.5) is 0 Å². The average Bonchev–Trinajstić information content (AvgIpc) is 2.95. The van der Waals surface area contributed by atoms with Crippen molar-refractivity contribution in [3.8, 4) is 0 Å². The summed E-state index contributed by atoms with van der Waals surface area (Å²) in [4.78, 5) is 38.5. The summed E-state index contributed by atoms with van der Waals surface area (Å²) in [6.07, 6.45) is 0.136. The summed E-state index contributed by atoms with van der Waals surface area (Å²) in [7, 11) is 0. The van der Waals surface area contributed by atoms with Crippen molar-refractivity contribution >= 4 is 29.1 Å². The molecule has 0 spiro atoms. The number of hydrogen-bond donors (Lipinski definition) is 2. The van der Waals surface area contributed by atoms with Gasteiger partial charge in [-0.15, -0.1) is 11.3 Å². The van der Waals surface area contributed by atoms with Crippen LogP contribution < -0.4 is 10.6 Å². The van der Waals surface area contributed by atoms with E-state index in [9.17, 15) is 14.4 Å². The van der Waals surface area contributed by atoms with E-state index < -0.39 is 0 Å². The van der Waals surface area contributed by atoms with Crippen LogP contribution in [0.25, 0.3) is 0 Å². The molecule has 0 bridgehead atoms. The highest BCUT2D eigenvalue weighted by Gasteiger charge is 2.24. The standard InChI is InChI=1S/C17H27N3O3S/c1-6-20(11-15(22)19-17(3,4)5)16(23)10-13(18-12(2)21)14-8-7-9-24-14/h7-9,13H,6,10-11H2,1-5H3,(H,18,21)(H,19,22). The van der Waals surface area contributed by atoms with Gasteiger partial charge >= 0.3 is 0 Å². The highest BCUT2D eigenvalue weighted by molar-refractivity contribution is 7.10. The molecule has 134 valence electrons. The Morgan fingerprint density at radius 1 is 1.29 bits per heavy atom. The lowest BCUT2D eigenvalue weighted by molar-refractivity contribution is -0.137. The average molecular weight is 353 g/mol. The molecule has 1 rings (SSSR count). The fourth-order valence-electron chi connectivity index (χ4n) is 2.27. The SMILES string of the molecule is CCN(CC(=O)NC(C)(C)C)C(=O)CC(NC(C)=O)c1cccs1. The number of amides is 3. The molecule has 1 heterocycles. The third kappa shape index (κ3) is 7.12. The molecule has 0 aromatic carbocycles. The summed E-state index contributed by atoms with van der Waals surface area (Å²) in [6, 6.07) is 3.41. The molecule has 2 N–H and O–H groups in total. The molecule has 0 saturated heterocycles. The second kappa shape index (κ2) is 8.82. The van der Waals surface area contributed by atoms with Gasteiger partial charge < -0.3 is 15.5 Å². The summed E-state index contributed by atoms with van der Waals surface area (Å²) in [5.41, 5.74) is -0.338. The molecule has 0 saturated carbocycles. The second-order valence-electron chi connectivity index (χ2n) is 6.68. The third-order valence-corrected chi connectivity index (χ3v) is 4.21. The maximum absolute atomic E-state index is 12.6. The summed E-state index contributed by atoms with van der Waals surface area (Å²) in [6.45, 7) is 9.41. The first-order chi connectivity index (χ1) is 11.1. The van der Waals surface area contributed by atoms with Crippen LogP contribution in [0.15, 0.2) is 17.5 Å². The van der Waals surface area contributed by atoms with Crippen LogP contribution >= 0.6 is 11.3 Å². The molecular formula is C17H27N3O3S. The Hall–Kier alpha value is -1.89. The van der Waals surface area contributed by atoms with Gasteiger partial charge in [0, 0.05) is 23.9 Å². The smallest absolute Gasteiger partial charge is 0.240 e. The van der Waals surface area contributed by atoms with E-state index in [1.807, 2.05) is 45.2 Å². The molecule has 0 aliphatic heterocycles. The van der Waals surface area contributed by atoms with Crippen molar-refractivity contribution < 1.29 is 14.4 Å². The fraction of sp³-hybridized carbons (Fsp3) is 0.588. The van der Waals surface area contributed by atoms with E-state index in [-0.39, 0.29) is 42.3 Å². The lowest BCUT2D eigenvalue weighted by Crippen LogP contribution is -2.47. The van der Waals surface area contributed by atoms with E-state index >= 15 is 0 Å². The van der Waals surface area contributed by atoms with E-state index in [0.717, 1.165) is 4.88 Å². The molecular weight excluding hydrogens is 326 g/mol. The molecule has 7 heteroatoms. The lowest BCUT2D eigenvalue weighted by atomic mass is 10.1. The zero-order valence-corrected chi connectivity index (χ0v) is 15.8. The third-order valence-electron chi connectivity index (χ3n) is 3.23. The summed E-state index contributed by atoms with van der Waals surface area (Å²) in [5, 5.41) is 7.56. The molecule has 1 aromatic rings. The normalized spacial score (nSPS) is 12.4. The van der Waals surface area contributed by atoms with Crippen molar-refractivity contribution in [1.29, 1.82) is 0 Å². The summed E-state index contributed by atoms with van der Waals surface area (Å²) >= 11 is 1.49.